The third-order valence-electron chi connectivity index (χ3n) is 14.6. The molecule has 2 aromatic heterocycles. The predicted molar refractivity (Wildman–Crippen MR) is 276 cm³/mol. The second-order valence-corrected chi connectivity index (χ2v) is 18.4. The van der Waals surface area contributed by atoms with E-state index in [1.54, 1.807) is 0 Å². The molecule has 0 bridgehead atoms. The third kappa shape index (κ3) is 5.05. The Morgan fingerprint density at radius 3 is 1.37 bits per heavy atom. The average molecular weight is 827 g/mol. The van der Waals surface area contributed by atoms with Crippen LogP contribution in [0.2, 0.25) is 0 Å². The Kier molecular flexibility index (Phi) is 7.49. The molecule has 65 heavy (non-hydrogen) atoms. The van der Waals surface area contributed by atoms with Gasteiger partial charge in [0.05, 0.1) is 22.1 Å². The van der Waals surface area contributed by atoms with Crippen LogP contribution in [0.25, 0.3) is 121 Å². The molecule has 14 rings (SSSR count). The summed E-state index contributed by atoms with van der Waals surface area (Å²) in [6.45, 7) is 4.83. The number of fused-ring (bicyclic) bond motifs is 12. The van der Waals surface area contributed by atoms with E-state index >= 15 is 0 Å². The van der Waals surface area contributed by atoms with Crippen molar-refractivity contribution in [3.05, 3.63) is 230 Å². The molecule has 304 valence electrons. The van der Waals surface area contributed by atoms with E-state index in [4.69, 9.17) is 0 Å². The van der Waals surface area contributed by atoms with Crippen LogP contribution in [-0.2, 0) is 5.41 Å². The lowest BCUT2D eigenvalue weighted by atomic mass is 9.76. The average Bonchev–Trinajstić information content (AvgIpc) is 3.96. The molecule has 0 unspecified atom stereocenters. The lowest BCUT2D eigenvalue weighted by Gasteiger charge is -2.27. The van der Waals surface area contributed by atoms with E-state index in [1.165, 1.54) is 120 Å². The molecule has 0 aliphatic heterocycles. The molecular weight excluding hydrogens is 785 g/mol. The molecule has 2 nitrogen and oxygen atoms in total. The highest BCUT2D eigenvalue weighted by Crippen LogP contribution is 2.55. The highest BCUT2D eigenvalue weighted by Gasteiger charge is 2.38. The van der Waals surface area contributed by atoms with Gasteiger partial charge in [-0.3, -0.25) is 0 Å². The molecule has 0 saturated carbocycles. The fraction of sp³-hybridized carbons (Fsp3) is 0.0476. The molecule has 0 N–H and O–H groups in total. The quantitative estimate of drug-likeness (QED) is 0.156. The van der Waals surface area contributed by atoms with E-state index in [9.17, 15) is 0 Å². The van der Waals surface area contributed by atoms with Crippen molar-refractivity contribution in [2.75, 3.05) is 0 Å². The van der Waals surface area contributed by atoms with E-state index in [1.807, 2.05) is 0 Å². The maximum Gasteiger partial charge on any atom is 0.0541 e. The van der Waals surface area contributed by atoms with Gasteiger partial charge in [0.15, 0.2) is 0 Å². The Bertz CT molecular complexity index is 4050. The normalized spacial score (nSPS) is 13.2. The van der Waals surface area contributed by atoms with Crippen LogP contribution >= 0.6 is 0 Å². The van der Waals surface area contributed by atoms with Gasteiger partial charge in [-0.25, -0.2) is 0 Å². The highest BCUT2D eigenvalue weighted by molar-refractivity contribution is 6.23. The van der Waals surface area contributed by atoms with Crippen molar-refractivity contribution >= 4 is 75.9 Å². The number of aromatic nitrogens is 2. The van der Waals surface area contributed by atoms with E-state index < -0.39 is 0 Å². The van der Waals surface area contributed by atoms with Crippen molar-refractivity contribution < 1.29 is 0 Å². The summed E-state index contributed by atoms with van der Waals surface area (Å²) in [5.41, 5.74) is 17.3. The Labute approximate surface area is 376 Å². The molecule has 0 atom stereocenters. The van der Waals surface area contributed by atoms with E-state index in [0.29, 0.717) is 0 Å². The summed E-state index contributed by atoms with van der Waals surface area (Å²) in [5, 5.41) is 12.5. The van der Waals surface area contributed by atoms with Crippen LogP contribution in [0.4, 0.5) is 0 Å². The fourth-order valence-corrected chi connectivity index (χ4v) is 11.9. The first-order chi connectivity index (χ1) is 32.0. The zero-order valence-electron chi connectivity index (χ0n) is 36.2. The van der Waals surface area contributed by atoms with Crippen LogP contribution in [0, 0.1) is 0 Å². The fourth-order valence-electron chi connectivity index (χ4n) is 11.9. The van der Waals surface area contributed by atoms with Gasteiger partial charge in [-0.1, -0.05) is 178 Å². The predicted octanol–water partition coefficient (Wildman–Crippen LogP) is 17.0. The van der Waals surface area contributed by atoms with Crippen LogP contribution in [0.15, 0.2) is 218 Å². The minimum Gasteiger partial charge on any atom is -0.309 e. The number of hydrogen-bond acceptors (Lipinski definition) is 0. The Morgan fingerprint density at radius 2 is 0.769 bits per heavy atom. The molecule has 0 fully saturated rings. The van der Waals surface area contributed by atoms with Crippen molar-refractivity contribution in [1.29, 1.82) is 0 Å². The number of benzene rings is 11. The first-order valence-corrected chi connectivity index (χ1v) is 22.8. The van der Waals surface area contributed by atoms with Gasteiger partial charge in [0, 0.05) is 38.3 Å². The molecule has 0 radical (unpaired) electrons. The topological polar surface area (TPSA) is 9.86 Å². The van der Waals surface area contributed by atoms with Gasteiger partial charge in [-0.2, -0.15) is 0 Å². The Balaban J connectivity index is 1.16. The van der Waals surface area contributed by atoms with Gasteiger partial charge < -0.3 is 9.13 Å². The summed E-state index contributed by atoms with van der Waals surface area (Å²) in [7, 11) is 0. The summed E-state index contributed by atoms with van der Waals surface area (Å²) in [4.78, 5) is 0. The standard InChI is InChI=1S/C63H42N2/c1-63(2)55-25-10-5-18-44(55)51-23-15-24-52(62(51)63)61-50-35-33-42(64-56-26-11-6-19-45(56)46-20-7-12-27-57(46)64)37-53(50)60(41-31-30-39-16-3-4-17-40(39)36-41)49-34-32-43(38-54(49)61)65-58-28-13-8-21-47(58)48-22-9-14-29-59(48)65/h3-38H,1-2H3. The number of para-hydroxylation sites is 4. The summed E-state index contributed by atoms with van der Waals surface area (Å²) in [6, 6.07) is 81.7. The minimum atomic E-state index is -0.217. The van der Waals surface area contributed by atoms with Gasteiger partial charge in [0.25, 0.3) is 0 Å². The SMILES string of the molecule is CC1(C)c2ccccc2-c2cccc(-c3c4ccc(-n5c6ccccc6c6ccccc65)cc4c(-c4ccc5ccccc5c4)c4ccc(-n5c6ccccc6c6ccccc65)cc34)c21. The molecular formula is C63H42N2. The summed E-state index contributed by atoms with van der Waals surface area (Å²) in [5.74, 6) is 0. The van der Waals surface area contributed by atoms with E-state index in [0.717, 1.165) is 11.4 Å². The second kappa shape index (κ2) is 13.4. The zero-order valence-corrected chi connectivity index (χ0v) is 36.2. The molecule has 0 amide bonds. The maximum absolute atomic E-state index is 2.49. The summed E-state index contributed by atoms with van der Waals surface area (Å²) in [6.07, 6.45) is 0. The third-order valence-corrected chi connectivity index (χ3v) is 14.6. The molecule has 1 aliphatic rings. The molecule has 0 saturated heterocycles. The van der Waals surface area contributed by atoms with Gasteiger partial charge in [0.1, 0.15) is 0 Å². The first kappa shape index (κ1) is 36.3. The van der Waals surface area contributed by atoms with Crippen LogP contribution in [0.1, 0.15) is 25.0 Å². The van der Waals surface area contributed by atoms with Crippen LogP contribution in [-0.4, -0.2) is 9.13 Å². The second-order valence-electron chi connectivity index (χ2n) is 18.4. The monoisotopic (exact) mass is 826 g/mol. The number of nitrogens with zero attached hydrogens (tertiary/aromatic N) is 2. The van der Waals surface area contributed by atoms with Crippen molar-refractivity contribution in [1.82, 2.24) is 9.13 Å². The van der Waals surface area contributed by atoms with Crippen LogP contribution in [0.5, 0.6) is 0 Å². The number of hydrogen-bond donors (Lipinski definition) is 0. The first-order valence-electron chi connectivity index (χ1n) is 22.8. The Morgan fingerprint density at radius 1 is 0.308 bits per heavy atom. The number of rotatable bonds is 4. The molecule has 11 aromatic carbocycles. The molecule has 2 heteroatoms. The highest BCUT2D eigenvalue weighted by atomic mass is 15.0. The van der Waals surface area contributed by atoms with Crippen LogP contribution in [0.3, 0.4) is 0 Å². The smallest absolute Gasteiger partial charge is 0.0541 e. The zero-order chi connectivity index (χ0) is 43.0. The van der Waals surface area contributed by atoms with E-state index in [-0.39, 0.29) is 5.41 Å². The lowest BCUT2D eigenvalue weighted by Crippen LogP contribution is -2.16. The summed E-state index contributed by atoms with van der Waals surface area (Å²) < 4.78 is 4.93. The van der Waals surface area contributed by atoms with Gasteiger partial charge in [0.2, 0.25) is 0 Å². The van der Waals surface area contributed by atoms with E-state index in [2.05, 4.69) is 241 Å². The maximum atomic E-state index is 2.49. The molecule has 1 aliphatic carbocycles. The van der Waals surface area contributed by atoms with Gasteiger partial charge in [-0.15, -0.1) is 0 Å². The van der Waals surface area contributed by atoms with Crippen molar-refractivity contribution in [3.8, 4) is 44.8 Å². The van der Waals surface area contributed by atoms with Crippen molar-refractivity contribution in [3.63, 3.8) is 0 Å². The molecule has 13 aromatic rings. The van der Waals surface area contributed by atoms with Crippen LogP contribution < -0.4 is 0 Å². The van der Waals surface area contributed by atoms with Crippen molar-refractivity contribution in [2.45, 2.75) is 19.3 Å². The molecule has 0 spiro atoms. The lowest BCUT2D eigenvalue weighted by molar-refractivity contribution is 0.662. The summed E-state index contributed by atoms with van der Waals surface area (Å²) >= 11 is 0. The Hall–Kier alpha value is -8.20. The van der Waals surface area contributed by atoms with Gasteiger partial charge in [-0.05, 0) is 131 Å². The minimum absolute atomic E-state index is 0.217. The molecule has 2 heterocycles. The van der Waals surface area contributed by atoms with Gasteiger partial charge >= 0.3 is 0 Å². The van der Waals surface area contributed by atoms with Crippen molar-refractivity contribution in [2.24, 2.45) is 0 Å². The largest absolute Gasteiger partial charge is 0.309 e.